The van der Waals surface area contributed by atoms with Crippen LogP contribution in [0.25, 0.3) is 11.1 Å². The van der Waals surface area contributed by atoms with Crippen molar-refractivity contribution in [1.29, 1.82) is 0 Å². The molecule has 1 aromatic heterocycles. The Morgan fingerprint density at radius 1 is 1.29 bits per heavy atom. The molecule has 38 heavy (non-hydrogen) atoms. The molecule has 0 saturated heterocycles. The zero-order valence-corrected chi connectivity index (χ0v) is 22.8. The van der Waals surface area contributed by atoms with E-state index in [0.29, 0.717) is 12.0 Å². The zero-order valence-electron chi connectivity index (χ0n) is 22.8. The molecule has 0 bridgehead atoms. The van der Waals surface area contributed by atoms with Crippen LogP contribution in [-0.2, 0) is 6.42 Å². The average molecular weight is 511 g/mol. The minimum Gasteiger partial charge on any atom is -0.396 e. The third kappa shape index (κ3) is 7.00. The number of nitrogens with two attached hydrogens (primary N) is 1. The summed E-state index contributed by atoms with van der Waals surface area (Å²) >= 11 is 0. The standard InChI is InChI=1S/C33H39FN4/c1-7-11-15-22(5)36-28(10-4)19-24(9-3)26-18-27(32(35)30(34)20-26)21-31-37-23(6)33(38-31)29(14-8-2)25-16-12-13-17-25/h8-10,12,14,16-20,36H,2,4-5,7,11,13,15,21,35H2,1,3,6H3,(H,37,38)/b24-9+,28-19+,29-14-. The van der Waals surface area contributed by atoms with Crippen LogP contribution >= 0.6 is 0 Å². The summed E-state index contributed by atoms with van der Waals surface area (Å²) in [6.07, 6.45) is 20.1. The number of aromatic amines is 1. The number of nitrogens with zero attached hydrogens (tertiary/aromatic N) is 1. The minimum atomic E-state index is -0.456. The second kappa shape index (κ2) is 13.4. The van der Waals surface area contributed by atoms with Crippen LogP contribution in [0.1, 0.15) is 67.9 Å². The maximum absolute atomic E-state index is 15.0. The Kier molecular flexibility index (Phi) is 10.1. The lowest BCUT2D eigenvalue weighted by molar-refractivity contribution is 0.630. The SMILES string of the molecule is C=C/C=C(/C1=CCC=C1)c1nc(Cc2cc(C(/C=C(\C=C)NC(=C)CCCC)=C/C)cc(F)c2N)[nH]c1C. The van der Waals surface area contributed by atoms with E-state index < -0.39 is 5.82 Å². The van der Waals surface area contributed by atoms with Crippen molar-refractivity contribution >= 4 is 16.8 Å². The minimum absolute atomic E-state index is 0.127. The van der Waals surface area contributed by atoms with Gasteiger partial charge in [-0.25, -0.2) is 9.37 Å². The molecule has 0 saturated carbocycles. The van der Waals surface area contributed by atoms with Crippen LogP contribution in [0, 0.1) is 12.7 Å². The number of aryl methyl sites for hydroxylation is 1. The summed E-state index contributed by atoms with van der Waals surface area (Å²) in [7, 11) is 0. The number of allylic oxidation sites excluding steroid dienone is 12. The van der Waals surface area contributed by atoms with Gasteiger partial charge < -0.3 is 16.0 Å². The number of anilines is 1. The van der Waals surface area contributed by atoms with E-state index in [1.807, 2.05) is 38.1 Å². The number of aromatic nitrogens is 2. The maximum Gasteiger partial charge on any atom is 0.146 e. The summed E-state index contributed by atoms with van der Waals surface area (Å²) in [5, 5.41) is 3.32. The number of rotatable bonds is 13. The second-order valence-corrected chi connectivity index (χ2v) is 9.36. The van der Waals surface area contributed by atoms with Crippen molar-refractivity contribution in [3.63, 3.8) is 0 Å². The predicted octanol–water partition coefficient (Wildman–Crippen LogP) is 8.25. The van der Waals surface area contributed by atoms with E-state index in [-0.39, 0.29) is 5.69 Å². The fraction of sp³-hybridized carbons (Fsp3) is 0.242. The molecule has 0 aliphatic heterocycles. The van der Waals surface area contributed by atoms with Gasteiger partial charge in [0.25, 0.3) is 0 Å². The van der Waals surface area contributed by atoms with Crippen LogP contribution < -0.4 is 11.1 Å². The summed E-state index contributed by atoms with van der Waals surface area (Å²) in [5.41, 5.74) is 14.2. The highest BCUT2D eigenvalue weighted by atomic mass is 19.1. The number of halogens is 1. The lowest BCUT2D eigenvalue weighted by atomic mass is 9.98. The van der Waals surface area contributed by atoms with Crippen LogP contribution in [0.15, 0.2) is 97.4 Å². The van der Waals surface area contributed by atoms with Crippen molar-refractivity contribution in [2.45, 2.75) is 52.9 Å². The third-order valence-electron chi connectivity index (χ3n) is 6.46. The largest absolute Gasteiger partial charge is 0.396 e. The molecular weight excluding hydrogens is 471 g/mol. The number of nitrogens with one attached hydrogen (secondary N) is 2. The van der Waals surface area contributed by atoms with E-state index in [1.54, 1.807) is 12.2 Å². The van der Waals surface area contributed by atoms with Gasteiger partial charge in [-0.3, -0.25) is 0 Å². The maximum atomic E-state index is 15.0. The summed E-state index contributed by atoms with van der Waals surface area (Å²) < 4.78 is 15.0. The first kappa shape index (κ1) is 28.5. The monoisotopic (exact) mass is 510 g/mol. The first-order valence-electron chi connectivity index (χ1n) is 13.1. The Labute approximate surface area is 226 Å². The van der Waals surface area contributed by atoms with Gasteiger partial charge in [0, 0.05) is 29.1 Å². The second-order valence-electron chi connectivity index (χ2n) is 9.36. The van der Waals surface area contributed by atoms with Gasteiger partial charge in [0.2, 0.25) is 0 Å². The fourth-order valence-electron chi connectivity index (χ4n) is 4.43. The van der Waals surface area contributed by atoms with Crippen LogP contribution in [0.5, 0.6) is 0 Å². The van der Waals surface area contributed by atoms with Crippen molar-refractivity contribution in [3.05, 3.63) is 132 Å². The molecule has 0 radical (unpaired) electrons. The molecule has 0 unspecified atom stereocenters. The van der Waals surface area contributed by atoms with Gasteiger partial charge in [0.05, 0.1) is 11.4 Å². The summed E-state index contributed by atoms with van der Waals surface area (Å²) in [6, 6.07) is 3.40. The molecule has 198 valence electrons. The van der Waals surface area contributed by atoms with Crippen LogP contribution in [0.4, 0.5) is 10.1 Å². The molecule has 2 aromatic rings. The number of hydrogen-bond acceptors (Lipinski definition) is 3. The van der Waals surface area contributed by atoms with Gasteiger partial charge in [0.1, 0.15) is 11.6 Å². The first-order valence-corrected chi connectivity index (χ1v) is 13.1. The Morgan fingerprint density at radius 2 is 2.08 bits per heavy atom. The molecule has 0 atom stereocenters. The zero-order chi connectivity index (χ0) is 27.7. The Balaban J connectivity index is 1.92. The summed E-state index contributed by atoms with van der Waals surface area (Å²) in [5.74, 6) is 0.263. The van der Waals surface area contributed by atoms with E-state index >= 15 is 4.39 Å². The molecule has 0 fully saturated rings. The molecular formula is C33H39FN4. The van der Waals surface area contributed by atoms with Crippen LogP contribution in [-0.4, -0.2) is 9.97 Å². The van der Waals surface area contributed by atoms with E-state index in [4.69, 9.17) is 10.7 Å². The van der Waals surface area contributed by atoms with Gasteiger partial charge in [-0.05, 0) is 79.7 Å². The third-order valence-corrected chi connectivity index (χ3v) is 6.46. The van der Waals surface area contributed by atoms with Crippen LogP contribution in [0.2, 0.25) is 0 Å². The number of unbranched alkanes of at least 4 members (excludes halogenated alkanes) is 1. The Bertz CT molecular complexity index is 1360. The predicted molar refractivity (Wildman–Crippen MR) is 161 cm³/mol. The number of benzene rings is 1. The molecule has 1 heterocycles. The molecule has 1 aliphatic carbocycles. The van der Waals surface area contributed by atoms with E-state index in [0.717, 1.165) is 76.6 Å². The summed E-state index contributed by atoms with van der Waals surface area (Å²) in [6.45, 7) is 18.0. The van der Waals surface area contributed by atoms with Gasteiger partial charge in [-0.2, -0.15) is 0 Å². The lowest BCUT2D eigenvalue weighted by Gasteiger charge is -2.13. The Morgan fingerprint density at radius 3 is 2.71 bits per heavy atom. The molecule has 4 N–H and O–H groups in total. The number of nitrogen functional groups attached to an aromatic ring is 1. The van der Waals surface area contributed by atoms with E-state index in [2.05, 4.69) is 55.2 Å². The van der Waals surface area contributed by atoms with Crippen molar-refractivity contribution in [2.75, 3.05) is 5.73 Å². The van der Waals surface area contributed by atoms with Gasteiger partial charge in [-0.1, -0.05) is 69.5 Å². The quantitative estimate of drug-likeness (QED) is 0.188. The molecule has 3 rings (SSSR count). The highest BCUT2D eigenvalue weighted by Gasteiger charge is 2.17. The van der Waals surface area contributed by atoms with Gasteiger partial charge >= 0.3 is 0 Å². The lowest BCUT2D eigenvalue weighted by Crippen LogP contribution is -2.10. The molecule has 5 heteroatoms. The highest BCUT2D eigenvalue weighted by Crippen LogP contribution is 2.31. The highest BCUT2D eigenvalue weighted by molar-refractivity contribution is 5.83. The fourth-order valence-corrected chi connectivity index (χ4v) is 4.43. The number of H-pyrrole nitrogens is 1. The molecule has 1 aromatic carbocycles. The Hall–Kier alpha value is -4.12. The van der Waals surface area contributed by atoms with Gasteiger partial charge in [-0.15, -0.1) is 0 Å². The average Bonchev–Trinajstić information content (AvgIpc) is 3.56. The number of imidazole rings is 1. The normalized spacial score (nSPS) is 14.0. The van der Waals surface area contributed by atoms with Crippen molar-refractivity contribution in [2.24, 2.45) is 0 Å². The van der Waals surface area contributed by atoms with Crippen molar-refractivity contribution in [1.82, 2.24) is 15.3 Å². The molecule has 1 aliphatic rings. The molecule has 0 spiro atoms. The number of hydrogen-bond donors (Lipinski definition) is 3. The smallest absolute Gasteiger partial charge is 0.146 e. The molecule has 4 nitrogen and oxygen atoms in total. The van der Waals surface area contributed by atoms with E-state index in [9.17, 15) is 0 Å². The molecule has 0 amide bonds. The van der Waals surface area contributed by atoms with Crippen molar-refractivity contribution < 1.29 is 4.39 Å². The first-order chi connectivity index (χ1) is 18.3. The summed E-state index contributed by atoms with van der Waals surface area (Å²) in [4.78, 5) is 8.24. The van der Waals surface area contributed by atoms with E-state index in [1.165, 1.54) is 6.07 Å². The van der Waals surface area contributed by atoms with Gasteiger partial charge in [0.15, 0.2) is 0 Å². The topological polar surface area (TPSA) is 66.7 Å². The van der Waals surface area contributed by atoms with Crippen LogP contribution in [0.3, 0.4) is 0 Å². The van der Waals surface area contributed by atoms with Crippen molar-refractivity contribution in [3.8, 4) is 0 Å².